The molecule has 0 fully saturated rings. The Hall–Kier alpha value is -0.110. The number of halogens is 1. The van der Waals surface area contributed by atoms with Crippen LogP contribution < -0.4 is 5.32 Å². The van der Waals surface area contributed by atoms with Crippen molar-refractivity contribution in [1.82, 2.24) is 5.32 Å². The average molecular weight is 325 g/mol. The second-order valence-electron chi connectivity index (χ2n) is 3.28. The van der Waals surface area contributed by atoms with Crippen molar-refractivity contribution in [2.24, 2.45) is 0 Å². The topological polar surface area (TPSA) is 54.6 Å². The first-order chi connectivity index (χ1) is 7.22. The number of rotatable bonds is 7. The Balaban J connectivity index is 2.06. The summed E-state index contributed by atoms with van der Waals surface area (Å²) in [6.07, 6.45) is 0.297. The molecule has 1 unspecified atom stereocenters. The van der Waals surface area contributed by atoms with Crippen LogP contribution in [-0.2, 0) is 11.3 Å². The molecule has 0 amide bonds. The van der Waals surface area contributed by atoms with Crippen LogP contribution in [0.15, 0.2) is 16.5 Å². The molecule has 1 aromatic rings. The number of nitrogens with one attached hydrogen (secondary N) is 1. The normalized spacial score (nSPS) is 13.0. The highest BCUT2D eigenvalue weighted by Gasteiger charge is 2.03. The van der Waals surface area contributed by atoms with Gasteiger partial charge >= 0.3 is 0 Å². The standard InChI is InChI=1S/C10H16INO3/c1-14-7-8(13)4-5-12-6-9-2-3-10(11)15-9/h2-3,8,12-13H,4-7H2,1H3. The lowest BCUT2D eigenvalue weighted by Gasteiger charge is -2.09. The molecule has 0 saturated heterocycles. The maximum Gasteiger partial charge on any atom is 0.164 e. The lowest BCUT2D eigenvalue weighted by molar-refractivity contribution is 0.0593. The van der Waals surface area contributed by atoms with Crippen molar-refractivity contribution in [1.29, 1.82) is 0 Å². The van der Waals surface area contributed by atoms with Gasteiger partial charge in [0.2, 0.25) is 0 Å². The van der Waals surface area contributed by atoms with Gasteiger partial charge in [-0.25, -0.2) is 0 Å². The lowest BCUT2D eigenvalue weighted by atomic mass is 10.2. The van der Waals surface area contributed by atoms with Crippen LogP contribution in [0.25, 0.3) is 0 Å². The largest absolute Gasteiger partial charge is 0.454 e. The van der Waals surface area contributed by atoms with Crippen LogP contribution >= 0.6 is 22.6 Å². The van der Waals surface area contributed by atoms with Crippen molar-refractivity contribution in [3.8, 4) is 0 Å². The summed E-state index contributed by atoms with van der Waals surface area (Å²) >= 11 is 2.13. The van der Waals surface area contributed by atoms with Gasteiger partial charge in [0.25, 0.3) is 0 Å². The molecule has 1 atom stereocenters. The van der Waals surface area contributed by atoms with Crippen molar-refractivity contribution in [3.05, 3.63) is 21.7 Å². The highest BCUT2D eigenvalue weighted by molar-refractivity contribution is 14.1. The Morgan fingerprint density at radius 3 is 3.00 bits per heavy atom. The van der Waals surface area contributed by atoms with Crippen LogP contribution in [-0.4, -0.2) is 31.5 Å². The van der Waals surface area contributed by atoms with Crippen LogP contribution in [0.5, 0.6) is 0 Å². The number of furan rings is 1. The van der Waals surface area contributed by atoms with Crippen LogP contribution in [0, 0.1) is 3.77 Å². The zero-order valence-electron chi connectivity index (χ0n) is 8.70. The Morgan fingerprint density at radius 1 is 1.60 bits per heavy atom. The fourth-order valence-corrected chi connectivity index (χ4v) is 1.67. The van der Waals surface area contributed by atoms with E-state index in [0.717, 1.165) is 16.1 Å². The summed E-state index contributed by atoms with van der Waals surface area (Å²) in [6.45, 7) is 1.84. The fraction of sp³-hybridized carbons (Fsp3) is 0.600. The van der Waals surface area contributed by atoms with Crippen molar-refractivity contribution in [3.63, 3.8) is 0 Å². The third kappa shape index (κ3) is 5.50. The van der Waals surface area contributed by atoms with E-state index in [1.807, 2.05) is 12.1 Å². The summed E-state index contributed by atoms with van der Waals surface area (Å²) in [6, 6.07) is 3.87. The molecule has 0 bridgehead atoms. The first kappa shape index (κ1) is 13.0. The molecule has 0 aliphatic heterocycles. The Labute approximate surface area is 103 Å². The molecule has 1 rings (SSSR count). The molecule has 0 saturated carbocycles. The van der Waals surface area contributed by atoms with Gasteiger partial charge in [-0.05, 0) is 47.7 Å². The number of aliphatic hydroxyl groups is 1. The molecule has 15 heavy (non-hydrogen) atoms. The first-order valence-electron chi connectivity index (χ1n) is 4.84. The minimum atomic E-state index is -0.390. The smallest absolute Gasteiger partial charge is 0.164 e. The van der Waals surface area contributed by atoms with E-state index >= 15 is 0 Å². The van der Waals surface area contributed by atoms with Gasteiger partial charge < -0.3 is 19.6 Å². The number of methoxy groups -OCH3 is 1. The highest BCUT2D eigenvalue weighted by Crippen LogP contribution is 2.09. The van der Waals surface area contributed by atoms with Crippen LogP contribution in [0.4, 0.5) is 0 Å². The summed E-state index contributed by atoms with van der Waals surface area (Å²) in [4.78, 5) is 0. The van der Waals surface area contributed by atoms with Crippen LogP contribution in [0.2, 0.25) is 0 Å². The predicted molar refractivity (Wildman–Crippen MR) is 65.6 cm³/mol. The summed E-state index contributed by atoms with van der Waals surface area (Å²) in [5.74, 6) is 0.917. The van der Waals surface area contributed by atoms with Gasteiger partial charge in [-0.2, -0.15) is 0 Å². The average Bonchev–Trinajstić information content (AvgIpc) is 2.60. The number of ether oxygens (including phenoxy) is 1. The lowest BCUT2D eigenvalue weighted by Crippen LogP contribution is -2.22. The molecule has 5 heteroatoms. The molecule has 4 nitrogen and oxygen atoms in total. The summed E-state index contributed by atoms with van der Waals surface area (Å²) < 4.78 is 11.1. The summed E-state index contributed by atoms with van der Waals surface area (Å²) in [5.41, 5.74) is 0. The highest BCUT2D eigenvalue weighted by atomic mass is 127. The number of aliphatic hydroxyl groups excluding tert-OH is 1. The van der Waals surface area contributed by atoms with Crippen LogP contribution in [0.3, 0.4) is 0 Å². The van der Waals surface area contributed by atoms with E-state index < -0.39 is 0 Å². The van der Waals surface area contributed by atoms with Crippen molar-refractivity contribution in [2.45, 2.75) is 19.1 Å². The van der Waals surface area contributed by atoms with E-state index in [1.54, 1.807) is 7.11 Å². The van der Waals surface area contributed by atoms with E-state index in [2.05, 4.69) is 27.9 Å². The molecular weight excluding hydrogens is 309 g/mol. The van der Waals surface area contributed by atoms with Crippen molar-refractivity contribution in [2.75, 3.05) is 20.3 Å². The first-order valence-corrected chi connectivity index (χ1v) is 5.92. The van der Waals surface area contributed by atoms with Gasteiger partial charge in [-0.1, -0.05) is 0 Å². The third-order valence-electron chi connectivity index (χ3n) is 1.94. The number of hydrogen-bond acceptors (Lipinski definition) is 4. The number of hydrogen-bond donors (Lipinski definition) is 2. The monoisotopic (exact) mass is 325 g/mol. The van der Waals surface area contributed by atoms with E-state index in [0.29, 0.717) is 19.6 Å². The maximum absolute atomic E-state index is 9.36. The molecular formula is C10H16INO3. The molecule has 1 heterocycles. The van der Waals surface area contributed by atoms with E-state index in [4.69, 9.17) is 9.15 Å². The van der Waals surface area contributed by atoms with Crippen molar-refractivity contribution >= 4 is 22.6 Å². The minimum absolute atomic E-state index is 0.389. The molecule has 0 aliphatic rings. The predicted octanol–water partition coefficient (Wildman–Crippen LogP) is 1.37. The molecule has 0 aliphatic carbocycles. The van der Waals surface area contributed by atoms with Gasteiger partial charge in [-0.3, -0.25) is 0 Å². The molecule has 0 aromatic carbocycles. The Kier molecular flexibility index (Phi) is 6.23. The van der Waals surface area contributed by atoms with Gasteiger partial charge in [0.1, 0.15) is 5.76 Å². The second-order valence-corrected chi connectivity index (χ2v) is 4.34. The van der Waals surface area contributed by atoms with Gasteiger partial charge in [0.15, 0.2) is 3.77 Å². The van der Waals surface area contributed by atoms with E-state index in [1.165, 1.54) is 0 Å². The van der Waals surface area contributed by atoms with Crippen LogP contribution in [0.1, 0.15) is 12.2 Å². The van der Waals surface area contributed by atoms with Gasteiger partial charge in [-0.15, -0.1) is 0 Å². The zero-order valence-corrected chi connectivity index (χ0v) is 10.9. The summed E-state index contributed by atoms with van der Waals surface area (Å²) in [7, 11) is 1.58. The molecule has 0 spiro atoms. The molecule has 1 aromatic heterocycles. The van der Waals surface area contributed by atoms with Crippen molar-refractivity contribution < 1.29 is 14.3 Å². The zero-order chi connectivity index (χ0) is 11.1. The quantitative estimate of drug-likeness (QED) is 0.587. The van der Waals surface area contributed by atoms with Gasteiger partial charge in [0, 0.05) is 7.11 Å². The fourth-order valence-electron chi connectivity index (χ4n) is 1.20. The summed E-state index contributed by atoms with van der Waals surface area (Å²) in [5, 5.41) is 12.6. The van der Waals surface area contributed by atoms with E-state index in [-0.39, 0.29) is 6.10 Å². The molecule has 2 N–H and O–H groups in total. The minimum Gasteiger partial charge on any atom is -0.454 e. The molecule has 0 radical (unpaired) electrons. The molecule has 86 valence electrons. The SMILES string of the molecule is COCC(O)CCNCc1ccc(I)o1. The Bertz CT molecular complexity index is 277. The maximum atomic E-state index is 9.36. The van der Waals surface area contributed by atoms with E-state index in [9.17, 15) is 5.11 Å². The second kappa shape index (κ2) is 7.21. The van der Waals surface area contributed by atoms with Gasteiger partial charge in [0.05, 0.1) is 19.3 Å². The third-order valence-corrected chi connectivity index (χ3v) is 2.52. The Morgan fingerprint density at radius 2 is 2.40 bits per heavy atom.